The van der Waals surface area contributed by atoms with Crippen LogP contribution in [0.25, 0.3) is 0 Å². The van der Waals surface area contributed by atoms with Gasteiger partial charge >= 0.3 is 5.97 Å². The molecule has 0 aromatic carbocycles. The number of thiol groups is 2. The molecule has 1 aliphatic heterocycles. The van der Waals surface area contributed by atoms with Gasteiger partial charge in [0.05, 0.1) is 0 Å². The van der Waals surface area contributed by atoms with Crippen molar-refractivity contribution < 1.29 is 9.90 Å². The third-order valence-corrected chi connectivity index (χ3v) is 3.78. The number of likely N-dealkylation sites (N-methyl/N-ethyl adjacent to an activating group) is 1. The molecular formula is C6H10N2O2S3. The Bertz CT molecular complexity index is 248. The van der Waals surface area contributed by atoms with E-state index < -0.39 is 5.97 Å². The van der Waals surface area contributed by atoms with Gasteiger partial charge < -0.3 is 14.9 Å². The number of nitrogens with zero attached hydrogens (tertiary/aromatic N) is 2. The van der Waals surface area contributed by atoms with Crippen LogP contribution < -0.4 is 0 Å². The van der Waals surface area contributed by atoms with Gasteiger partial charge in [0.15, 0.2) is 5.11 Å². The quantitative estimate of drug-likeness (QED) is 0.471. The van der Waals surface area contributed by atoms with Gasteiger partial charge in [0.1, 0.15) is 17.3 Å². The van der Waals surface area contributed by atoms with Crippen molar-refractivity contribution in [2.45, 2.75) is 10.7 Å². The Morgan fingerprint density at radius 1 is 1.62 bits per heavy atom. The van der Waals surface area contributed by atoms with E-state index in [9.17, 15) is 4.79 Å². The summed E-state index contributed by atoms with van der Waals surface area (Å²) in [6.07, 6.45) is 0. The van der Waals surface area contributed by atoms with Crippen molar-refractivity contribution in [3.8, 4) is 0 Å². The van der Waals surface area contributed by atoms with Gasteiger partial charge in [-0.25, -0.2) is 0 Å². The highest BCUT2D eigenvalue weighted by Gasteiger charge is 2.37. The highest BCUT2D eigenvalue weighted by atomic mass is 32.1. The highest BCUT2D eigenvalue weighted by molar-refractivity contribution is 7.85. The van der Waals surface area contributed by atoms with Crippen molar-refractivity contribution in [2.24, 2.45) is 0 Å². The van der Waals surface area contributed by atoms with Crippen molar-refractivity contribution in [1.29, 1.82) is 0 Å². The van der Waals surface area contributed by atoms with E-state index in [0.29, 0.717) is 5.11 Å². The van der Waals surface area contributed by atoms with Crippen LogP contribution in [0.1, 0.15) is 0 Å². The van der Waals surface area contributed by atoms with Crippen LogP contribution in [-0.4, -0.2) is 50.3 Å². The average molecular weight is 238 g/mol. The molecule has 0 bridgehead atoms. The third-order valence-electron chi connectivity index (χ3n) is 1.84. The maximum absolute atomic E-state index is 10.5. The van der Waals surface area contributed by atoms with Crippen LogP contribution >= 0.6 is 37.5 Å². The lowest BCUT2D eigenvalue weighted by molar-refractivity contribution is -0.137. The molecule has 0 saturated carbocycles. The number of thiocarbonyl (C=S) groups is 1. The summed E-state index contributed by atoms with van der Waals surface area (Å²) in [6.45, 7) is -0.131. The van der Waals surface area contributed by atoms with Crippen molar-refractivity contribution in [2.75, 3.05) is 13.6 Å². The Labute approximate surface area is 92.7 Å². The predicted octanol–water partition coefficient (Wildman–Crippen LogP) is 0.115. The lowest BCUT2D eigenvalue weighted by atomic mass is 10.5. The van der Waals surface area contributed by atoms with Gasteiger partial charge in [-0.3, -0.25) is 4.79 Å². The monoisotopic (exact) mass is 238 g/mol. The number of hydrogen-bond acceptors (Lipinski definition) is 4. The first kappa shape index (κ1) is 10.9. The fourth-order valence-electron chi connectivity index (χ4n) is 1.10. The van der Waals surface area contributed by atoms with Crippen LogP contribution in [-0.2, 0) is 4.79 Å². The molecule has 1 N–H and O–H groups in total. The second-order valence-electron chi connectivity index (χ2n) is 2.74. The Morgan fingerprint density at radius 2 is 2.15 bits per heavy atom. The molecule has 0 spiro atoms. The maximum Gasteiger partial charge on any atom is 0.323 e. The highest BCUT2D eigenvalue weighted by Crippen LogP contribution is 2.26. The minimum absolute atomic E-state index is 0.131. The van der Waals surface area contributed by atoms with Gasteiger partial charge in [0.25, 0.3) is 0 Å². The van der Waals surface area contributed by atoms with Gasteiger partial charge in [0.2, 0.25) is 0 Å². The molecule has 4 nitrogen and oxygen atoms in total. The molecule has 1 saturated heterocycles. The molecule has 1 heterocycles. The Hall–Kier alpha value is -0.140. The number of carboxylic acids is 1. The smallest absolute Gasteiger partial charge is 0.323 e. The Kier molecular flexibility index (Phi) is 3.31. The summed E-state index contributed by atoms with van der Waals surface area (Å²) in [6, 6.07) is 0. The lowest BCUT2D eigenvalue weighted by Crippen LogP contribution is -2.36. The fourth-order valence-corrected chi connectivity index (χ4v) is 2.21. The minimum atomic E-state index is -0.919. The minimum Gasteiger partial charge on any atom is -0.480 e. The van der Waals surface area contributed by atoms with Crippen molar-refractivity contribution in [1.82, 2.24) is 9.80 Å². The van der Waals surface area contributed by atoms with Crippen molar-refractivity contribution >= 4 is 48.6 Å². The summed E-state index contributed by atoms with van der Waals surface area (Å²) in [5.74, 6) is -0.919. The van der Waals surface area contributed by atoms with E-state index in [0.717, 1.165) is 0 Å². The Balaban J connectivity index is 2.75. The summed E-state index contributed by atoms with van der Waals surface area (Å²) in [5.41, 5.74) is 0. The molecule has 0 radical (unpaired) electrons. The molecule has 1 aliphatic rings. The summed E-state index contributed by atoms with van der Waals surface area (Å²) in [5, 5.41) is 8.65. The van der Waals surface area contributed by atoms with Crippen LogP contribution in [0.2, 0.25) is 0 Å². The molecule has 1 fully saturated rings. The van der Waals surface area contributed by atoms with Gasteiger partial charge in [-0.15, -0.1) is 0 Å². The summed E-state index contributed by atoms with van der Waals surface area (Å²) < 4.78 is 0. The number of rotatable bonds is 2. The molecule has 74 valence electrons. The normalized spacial score (nSPS) is 28.4. The van der Waals surface area contributed by atoms with E-state index in [1.165, 1.54) is 4.90 Å². The first-order chi connectivity index (χ1) is 5.95. The second kappa shape index (κ2) is 3.93. The molecule has 0 aliphatic carbocycles. The van der Waals surface area contributed by atoms with Crippen molar-refractivity contribution in [3.05, 3.63) is 0 Å². The summed E-state index contributed by atoms with van der Waals surface area (Å²) in [7, 11) is 1.77. The zero-order valence-corrected chi connectivity index (χ0v) is 9.52. The molecule has 2 unspecified atom stereocenters. The lowest BCUT2D eigenvalue weighted by Gasteiger charge is -2.19. The summed E-state index contributed by atoms with van der Waals surface area (Å²) >= 11 is 13.5. The van der Waals surface area contributed by atoms with Crippen LogP contribution in [0.15, 0.2) is 0 Å². The first-order valence-electron chi connectivity index (χ1n) is 3.56. The third kappa shape index (κ3) is 2.03. The van der Waals surface area contributed by atoms with Gasteiger partial charge in [0, 0.05) is 7.05 Å². The number of carbonyl (C=O) groups is 1. The first-order valence-corrected chi connectivity index (χ1v) is 5.00. The molecule has 1 rings (SSSR count). The van der Waals surface area contributed by atoms with E-state index in [4.69, 9.17) is 17.3 Å². The number of aliphatic carboxylic acids is 1. The number of carboxylic acid groups (broad SMARTS) is 1. The van der Waals surface area contributed by atoms with E-state index in [2.05, 4.69) is 25.3 Å². The van der Waals surface area contributed by atoms with E-state index in [1.807, 2.05) is 0 Å². The van der Waals surface area contributed by atoms with E-state index >= 15 is 0 Å². The Morgan fingerprint density at radius 3 is 2.46 bits per heavy atom. The van der Waals surface area contributed by atoms with E-state index in [1.54, 1.807) is 11.9 Å². The van der Waals surface area contributed by atoms with E-state index in [-0.39, 0.29) is 17.3 Å². The maximum atomic E-state index is 10.5. The SMILES string of the molecule is CN1C(=S)N(CC(=O)O)C(S)C1S. The van der Waals surface area contributed by atoms with Crippen LogP contribution in [0.5, 0.6) is 0 Å². The van der Waals surface area contributed by atoms with Gasteiger partial charge in [-0.1, -0.05) is 0 Å². The average Bonchev–Trinajstić information content (AvgIpc) is 2.22. The topological polar surface area (TPSA) is 43.8 Å². The van der Waals surface area contributed by atoms with Crippen LogP contribution in [0.3, 0.4) is 0 Å². The van der Waals surface area contributed by atoms with Crippen LogP contribution in [0.4, 0.5) is 0 Å². The van der Waals surface area contributed by atoms with Crippen LogP contribution in [0, 0.1) is 0 Å². The standard InChI is InChI=1S/C6H10N2O2S3/c1-7-4(11)5(12)8(6(7)13)2-3(9)10/h4-5,11-12H,2H2,1H3,(H,9,10). The van der Waals surface area contributed by atoms with Gasteiger partial charge in [-0.05, 0) is 12.2 Å². The molecule has 0 amide bonds. The summed E-state index contributed by atoms with van der Waals surface area (Å²) in [4.78, 5) is 13.7. The molecule has 13 heavy (non-hydrogen) atoms. The van der Waals surface area contributed by atoms with Gasteiger partial charge in [-0.2, -0.15) is 25.3 Å². The predicted molar refractivity (Wildman–Crippen MR) is 60.3 cm³/mol. The molecular weight excluding hydrogens is 228 g/mol. The molecule has 7 heteroatoms. The zero-order chi connectivity index (χ0) is 10.2. The molecule has 0 aromatic rings. The molecule has 0 aromatic heterocycles. The molecule has 2 atom stereocenters. The number of hydrogen-bond donors (Lipinski definition) is 3. The zero-order valence-electron chi connectivity index (χ0n) is 6.91. The van der Waals surface area contributed by atoms with Crippen molar-refractivity contribution in [3.63, 3.8) is 0 Å². The second-order valence-corrected chi connectivity index (χ2v) is 4.17. The largest absolute Gasteiger partial charge is 0.480 e. The fraction of sp³-hybridized carbons (Fsp3) is 0.667.